The van der Waals surface area contributed by atoms with Crippen LogP contribution in [0, 0.1) is 11.8 Å². The third-order valence-corrected chi connectivity index (χ3v) is 1.49. The van der Waals surface area contributed by atoms with Crippen molar-refractivity contribution in [1.82, 2.24) is 0 Å². The van der Waals surface area contributed by atoms with Gasteiger partial charge in [-0.25, -0.2) is 0 Å². The van der Waals surface area contributed by atoms with Crippen LogP contribution >= 0.6 is 0 Å². The van der Waals surface area contributed by atoms with E-state index < -0.39 is 0 Å². The van der Waals surface area contributed by atoms with E-state index in [2.05, 4.69) is 18.8 Å². The van der Waals surface area contributed by atoms with Crippen molar-refractivity contribution in [3.8, 4) is 11.8 Å². The molecule has 0 radical (unpaired) electrons. The summed E-state index contributed by atoms with van der Waals surface area (Å²) in [4.78, 5) is 0. The third kappa shape index (κ3) is 2.67. The maximum Gasteiger partial charge on any atom is 0.0326 e. The van der Waals surface area contributed by atoms with E-state index in [4.69, 9.17) is 5.73 Å². The van der Waals surface area contributed by atoms with Crippen molar-refractivity contribution in [2.24, 2.45) is 0 Å². The predicted molar refractivity (Wildman–Crippen MR) is 52.6 cm³/mol. The van der Waals surface area contributed by atoms with Gasteiger partial charge < -0.3 is 5.73 Å². The Morgan fingerprint density at radius 1 is 1.42 bits per heavy atom. The van der Waals surface area contributed by atoms with Gasteiger partial charge in [-0.1, -0.05) is 24.8 Å². The van der Waals surface area contributed by atoms with E-state index in [1.54, 1.807) is 0 Å². The van der Waals surface area contributed by atoms with E-state index in [0.29, 0.717) is 0 Å². The number of hydrogen-bond donors (Lipinski definition) is 1. The van der Waals surface area contributed by atoms with Gasteiger partial charge in [0.1, 0.15) is 0 Å². The van der Waals surface area contributed by atoms with Crippen LogP contribution in [0.3, 0.4) is 0 Å². The van der Waals surface area contributed by atoms with Gasteiger partial charge in [-0.15, -0.1) is 0 Å². The number of rotatable bonds is 1. The van der Waals surface area contributed by atoms with Gasteiger partial charge in [0.2, 0.25) is 0 Å². The first-order chi connectivity index (χ1) is 5.83. The highest BCUT2D eigenvalue weighted by atomic mass is 14.5. The molecule has 0 fully saturated rings. The van der Waals surface area contributed by atoms with E-state index in [-0.39, 0.29) is 0 Å². The maximum atomic E-state index is 5.60. The minimum atomic E-state index is 0.776. The zero-order valence-corrected chi connectivity index (χ0v) is 7.30. The Morgan fingerprint density at radius 2 is 2.25 bits per heavy atom. The summed E-state index contributed by atoms with van der Waals surface area (Å²) in [5, 5.41) is 0. The molecular formula is C11H13N. The summed E-state index contributed by atoms with van der Waals surface area (Å²) in [6.45, 7) is 2.12. The number of anilines is 1. The van der Waals surface area contributed by atoms with E-state index in [9.17, 15) is 0 Å². The summed E-state index contributed by atoms with van der Waals surface area (Å²) in [5.74, 6) is 6.13. The van der Waals surface area contributed by atoms with Crippen LogP contribution in [0.2, 0.25) is 0 Å². The van der Waals surface area contributed by atoms with Gasteiger partial charge >= 0.3 is 0 Å². The normalized spacial score (nSPS) is 8.75. The minimum Gasteiger partial charge on any atom is -0.399 e. The topological polar surface area (TPSA) is 26.0 Å². The summed E-state index contributed by atoms with van der Waals surface area (Å²) in [7, 11) is 0. The molecule has 0 aromatic heterocycles. The molecule has 0 aliphatic rings. The maximum absolute atomic E-state index is 5.60. The fourth-order valence-corrected chi connectivity index (χ4v) is 0.906. The smallest absolute Gasteiger partial charge is 0.0326 e. The molecule has 0 unspecified atom stereocenters. The number of benzene rings is 1. The number of hydrogen-bond acceptors (Lipinski definition) is 1. The van der Waals surface area contributed by atoms with Crippen LogP contribution in [-0.2, 0) is 0 Å². The first-order valence-electron chi connectivity index (χ1n) is 4.17. The van der Waals surface area contributed by atoms with Crippen LogP contribution in [-0.4, -0.2) is 0 Å². The van der Waals surface area contributed by atoms with Gasteiger partial charge in [-0.3, -0.25) is 0 Å². The lowest BCUT2D eigenvalue weighted by Crippen LogP contribution is -1.84. The summed E-state index contributed by atoms with van der Waals surface area (Å²) >= 11 is 0. The molecule has 1 aromatic carbocycles. The van der Waals surface area contributed by atoms with Crippen molar-refractivity contribution in [1.29, 1.82) is 0 Å². The fourth-order valence-electron chi connectivity index (χ4n) is 0.906. The molecule has 0 atom stereocenters. The molecule has 0 heterocycles. The lowest BCUT2D eigenvalue weighted by molar-refractivity contribution is 0.983. The molecule has 0 aliphatic heterocycles. The summed E-state index contributed by atoms with van der Waals surface area (Å²) < 4.78 is 0. The largest absolute Gasteiger partial charge is 0.399 e. The second-order valence-corrected chi connectivity index (χ2v) is 2.68. The lowest BCUT2D eigenvalue weighted by atomic mass is 10.2. The molecule has 2 N–H and O–H groups in total. The van der Waals surface area contributed by atoms with Crippen molar-refractivity contribution >= 4 is 5.69 Å². The van der Waals surface area contributed by atoms with Crippen molar-refractivity contribution in [3.63, 3.8) is 0 Å². The van der Waals surface area contributed by atoms with Gasteiger partial charge in [0.05, 0.1) is 0 Å². The minimum absolute atomic E-state index is 0.776. The Morgan fingerprint density at radius 3 is 2.92 bits per heavy atom. The highest BCUT2D eigenvalue weighted by molar-refractivity contribution is 5.46. The molecule has 12 heavy (non-hydrogen) atoms. The average molecular weight is 159 g/mol. The molecule has 0 saturated heterocycles. The first kappa shape index (κ1) is 8.67. The molecule has 62 valence electrons. The van der Waals surface area contributed by atoms with Crippen LogP contribution in [0.4, 0.5) is 5.69 Å². The molecule has 1 heteroatoms. The SMILES string of the molecule is CCCC#Cc1cccc(N)c1. The van der Waals surface area contributed by atoms with Gasteiger partial charge in [-0.2, -0.15) is 0 Å². The summed E-state index contributed by atoms with van der Waals surface area (Å²) in [6, 6.07) is 7.65. The molecule has 0 aliphatic carbocycles. The van der Waals surface area contributed by atoms with E-state index in [1.807, 2.05) is 24.3 Å². The average Bonchev–Trinajstić information content (AvgIpc) is 2.05. The highest BCUT2D eigenvalue weighted by Crippen LogP contribution is 2.04. The predicted octanol–water partition coefficient (Wildman–Crippen LogP) is 2.42. The Bertz CT molecular complexity index is 304. The second-order valence-electron chi connectivity index (χ2n) is 2.68. The third-order valence-electron chi connectivity index (χ3n) is 1.49. The van der Waals surface area contributed by atoms with Crippen molar-refractivity contribution in [3.05, 3.63) is 29.8 Å². The highest BCUT2D eigenvalue weighted by Gasteiger charge is 1.85. The van der Waals surface area contributed by atoms with Crippen molar-refractivity contribution < 1.29 is 0 Å². The van der Waals surface area contributed by atoms with Gasteiger partial charge in [0.15, 0.2) is 0 Å². The molecule has 0 bridgehead atoms. The van der Waals surface area contributed by atoms with Crippen LogP contribution < -0.4 is 5.73 Å². The Kier molecular flexibility index (Phi) is 3.22. The van der Waals surface area contributed by atoms with Crippen LogP contribution in [0.5, 0.6) is 0 Å². The van der Waals surface area contributed by atoms with Gasteiger partial charge in [0.25, 0.3) is 0 Å². The van der Waals surface area contributed by atoms with E-state index >= 15 is 0 Å². The first-order valence-corrected chi connectivity index (χ1v) is 4.17. The molecule has 1 nitrogen and oxygen atoms in total. The van der Waals surface area contributed by atoms with Crippen molar-refractivity contribution in [2.45, 2.75) is 19.8 Å². The summed E-state index contributed by atoms with van der Waals surface area (Å²) in [5.41, 5.74) is 7.37. The molecular weight excluding hydrogens is 146 g/mol. The van der Waals surface area contributed by atoms with Crippen molar-refractivity contribution in [2.75, 3.05) is 5.73 Å². The lowest BCUT2D eigenvalue weighted by Gasteiger charge is -1.91. The quantitative estimate of drug-likeness (QED) is 0.494. The fraction of sp³-hybridized carbons (Fsp3) is 0.273. The van der Waals surface area contributed by atoms with Crippen LogP contribution in [0.25, 0.3) is 0 Å². The summed E-state index contributed by atoms with van der Waals surface area (Å²) in [6.07, 6.45) is 2.06. The second kappa shape index (κ2) is 4.46. The number of nitrogens with two attached hydrogens (primary N) is 1. The Balaban J connectivity index is 2.71. The number of unbranched alkanes of at least 4 members (excludes halogenated alkanes) is 1. The molecule has 0 saturated carbocycles. The molecule has 1 aromatic rings. The van der Waals surface area contributed by atoms with Crippen LogP contribution in [0.1, 0.15) is 25.3 Å². The standard InChI is InChI=1S/C11H13N/c1-2-3-4-6-10-7-5-8-11(12)9-10/h5,7-9H,2-3,12H2,1H3. The Hall–Kier alpha value is -1.42. The van der Waals surface area contributed by atoms with Gasteiger partial charge in [0, 0.05) is 17.7 Å². The van der Waals surface area contributed by atoms with E-state index in [0.717, 1.165) is 24.1 Å². The Labute approximate surface area is 73.6 Å². The number of nitrogen functional groups attached to an aromatic ring is 1. The molecule has 1 rings (SSSR count). The van der Waals surface area contributed by atoms with E-state index in [1.165, 1.54) is 0 Å². The monoisotopic (exact) mass is 159 g/mol. The van der Waals surface area contributed by atoms with Crippen LogP contribution in [0.15, 0.2) is 24.3 Å². The zero-order chi connectivity index (χ0) is 8.81. The molecule has 0 spiro atoms. The molecule has 0 amide bonds. The van der Waals surface area contributed by atoms with Gasteiger partial charge in [-0.05, 0) is 24.6 Å². The zero-order valence-electron chi connectivity index (χ0n) is 7.30.